The number of carbonyl (C=O) groups excluding carboxylic acids is 1. The van der Waals surface area contributed by atoms with Crippen LogP contribution in [0.25, 0.3) is 0 Å². The van der Waals surface area contributed by atoms with E-state index in [-0.39, 0.29) is 11.7 Å². The van der Waals surface area contributed by atoms with Crippen molar-refractivity contribution in [2.45, 2.75) is 19.4 Å². The summed E-state index contributed by atoms with van der Waals surface area (Å²) in [7, 11) is 1.79. The summed E-state index contributed by atoms with van der Waals surface area (Å²) >= 11 is 0. The third kappa shape index (κ3) is 3.65. The van der Waals surface area contributed by atoms with Gasteiger partial charge in [0.15, 0.2) is 0 Å². The minimum atomic E-state index is -0.00519. The van der Waals surface area contributed by atoms with Crippen molar-refractivity contribution in [1.29, 1.82) is 0 Å². The van der Waals surface area contributed by atoms with Crippen molar-refractivity contribution in [3.05, 3.63) is 59.7 Å². The van der Waals surface area contributed by atoms with Crippen molar-refractivity contribution in [3.8, 4) is 5.75 Å². The average Bonchev–Trinajstić information content (AvgIpc) is 3.09. The molecule has 0 saturated carbocycles. The summed E-state index contributed by atoms with van der Waals surface area (Å²) in [5.74, 6) is 0.216. The van der Waals surface area contributed by atoms with Gasteiger partial charge < -0.3 is 14.9 Å². The zero-order chi connectivity index (χ0) is 16.2. The van der Waals surface area contributed by atoms with Crippen LogP contribution in [0.3, 0.4) is 0 Å². The molecule has 0 aromatic heterocycles. The van der Waals surface area contributed by atoms with Gasteiger partial charge in [-0.1, -0.05) is 18.2 Å². The summed E-state index contributed by atoms with van der Waals surface area (Å²) in [6.45, 7) is 2.61. The topological polar surface area (TPSA) is 43.8 Å². The Labute approximate surface area is 137 Å². The van der Waals surface area contributed by atoms with Crippen LogP contribution in [0, 0.1) is 0 Å². The Morgan fingerprint density at radius 2 is 1.87 bits per heavy atom. The minimum Gasteiger partial charge on any atom is -0.508 e. The van der Waals surface area contributed by atoms with E-state index in [4.69, 9.17) is 0 Å². The highest BCUT2D eigenvalue weighted by molar-refractivity contribution is 5.95. The van der Waals surface area contributed by atoms with Crippen LogP contribution in [0.5, 0.6) is 5.75 Å². The first kappa shape index (κ1) is 15.4. The standard InChI is InChI=1S/C19H22N2O2/c1-20(14-15-6-4-9-18(22)12-15)19(23)16-7-5-8-17(13-16)21-10-2-3-11-21/h4-9,12-13,22H,2-3,10-11,14H2,1H3. The number of aromatic hydroxyl groups is 1. The highest BCUT2D eigenvalue weighted by atomic mass is 16.3. The number of hydrogen-bond donors (Lipinski definition) is 1. The Morgan fingerprint density at radius 3 is 2.61 bits per heavy atom. The van der Waals surface area contributed by atoms with Crippen LogP contribution in [0.4, 0.5) is 5.69 Å². The van der Waals surface area contributed by atoms with E-state index < -0.39 is 0 Å². The van der Waals surface area contributed by atoms with Gasteiger partial charge >= 0.3 is 0 Å². The number of phenols is 1. The molecule has 1 fully saturated rings. The normalized spacial score (nSPS) is 14.0. The Bertz CT molecular complexity index is 693. The molecule has 0 bridgehead atoms. The quantitative estimate of drug-likeness (QED) is 0.942. The van der Waals surface area contributed by atoms with Crippen molar-refractivity contribution in [3.63, 3.8) is 0 Å². The summed E-state index contributed by atoms with van der Waals surface area (Å²) in [5, 5.41) is 9.53. The molecule has 3 rings (SSSR count). The van der Waals surface area contributed by atoms with Crippen molar-refractivity contribution in [2.24, 2.45) is 0 Å². The number of anilines is 1. The second-order valence-corrected chi connectivity index (χ2v) is 6.08. The molecule has 0 aliphatic carbocycles. The predicted molar refractivity (Wildman–Crippen MR) is 91.8 cm³/mol. The van der Waals surface area contributed by atoms with Crippen LogP contribution < -0.4 is 4.90 Å². The maximum absolute atomic E-state index is 12.6. The van der Waals surface area contributed by atoms with Crippen molar-refractivity contribution >= 4 is 11.6 Å². The smallest absolute Gasteiger partial charge is 0.253 e. The number of benzene rings is 2. The van der Waals surface area contributed by atoms with E-state index in [1.54, 1.807) is 30.1 Å². The first-order valence-corrected chi connectivity index (χ1v) is 8.02. The molecule has 0 radical (unpaired) electrons. The third-order valence-corrected chi connectivity index (χ3v) is 4.24. The number of amides is 1. The Morgan fingerprint density at radius 1 is 1.13 bits per heavy atom. The van der Waals surface area contributed by atoms with Gasteiger partial charge in [0.25, 0.3) is 5.91 Å². The molecule has 2 aromatic rings. The van der Waals surface area contributed by atoms with Gasteiger partial charge in [-0.25, -0.2) is 0 Å². The van der Waals surface area contributed by atoms with E-state index in [0.29, 0.717) is 12.1 Å². The summed E-state index contributed by atoms with van der Waals surface area (Å²) in [4.78, 5) is 16.6. The molecule has 120 valence electrons. The fourth-order valence-electron chi connectivity index (χ4n) is 3.03. The largest absolute Gasteiger partial charge is 0.508 e. The van der Waals surface area contributed by atoms with Crippen LogP contribution in [-0.4, -0.2) is 36.1 Å². The van der Waals surface area contributed by atoms with Crippen LogP contribution >= 0.6 is 0 Å². The molecule has 0 unspecified atom stereocenters. The first-order valence-electron chi connectivity index (χ1n) is 8.02. The summed E-state index contributed by atoms with van der Waals surface area (Å²) < 4.78 is 0. The van der Waals surface area contributed by atoms with Gasteiger partial charge in [0.05, 0.1) is 0 Å². The molecule has 1 aliphatic rings. The second-order valence-electron chi connectivity index (χ2n) is 6.08. The third-order valence-electron chi connectivity index (χ3n) is 4.24. The number of phenolic OH excluding ortho intramolecular Hbond substituents is 1. The highest BCUT2D eigenvalue weighted by Crippen LogP contribution is 2.22. The predicted octanol–water partition coefficient (Wildman–Crippen LogP) is 3.26. The van der Waals surface area contributed by atoms with Gasteiger partial charge in [-0.05, 0) is 48.7 Å². The molecule has 4 nitrogen and oxygen atoms in total. The van der Waals surface area contributed by atoms with Crippen LogP contribution in [0.15, 0.2) is 48.5 Å². The molecule has 1 saturated heterocycles. The number of rotatable bonds is 4. The van der Waals surface area contributed by atoms with Gasteiger partial charge in [-0.15, -0.1) is 0 Å². The average molecular weight is 310 g/mol. The molecule has 1 amide bonds. The van der Waals surface area contributed by atoms with Gasteiger partial charge in [0.2, 0.25) is 0 Å². The fourth-order valence-corrected chi connectivity index (χ4v) is 3.03. The lowest BCUT2D eigenvalue weighted by molar-refractivity contribution is 0.0785. The van der Waals surface area contributed by atoms with Crippen molar-refractivity contribution in [2.75, 3.05) is 25.0 Å². The first-order chi connectivity index (χ1) is 11.1. The molecule has 23 heavy (non-hydrogen) atoms. The second kappa shape index (κ2) is 6.73. The number of nitrogens with zero attached hydrogens (tertiary/aromatic N) is 2. The Kier molecular flexibility index (Phi) is 4.51. The van der Waals surface area contributed by atoms with Gasteiger partial charge in [-0.3, -0.25) is 4.79 Å². The van der Waals surface area contributed by atoms with E-state index >= 15 is 0 Å². The minimum absolute atomic E-state index is 0.00519. The molecule has 1 heterocycles. The highest BCUT2D eigenvalue weighted by Gasteiger charge is 2.16. The van der Waals surface area contributed by atoms with E-state index in [9.17, 15) is 9.90 Å². The molecule has 1 N–H and O–H groups in total. The van der Waals surface area contributed by atoms with Crippen LogP contribution in [0.2, 0.25) is 0 Å². The Balaban J connectivity index is 1.73. The lowest BCUT2D eigenvalue weighted by Crippen LogP contribution is -2.26. The summed E-state index contributed by atoms with van der Waals surface area (Å²) in [6, 6.07) is 14.9. The lowest BCUT2D eigenvalue weighted by atomic mass is 10.1. The molecule has 0 atom stereocenters. The van der Waals surface area contributed by atoms with Crippen LogP contribution in [0.1, 0.15) is 28.8 Å². The monoisotopic (exact) mass is 310 g/mol. The van der Waals surface area contributed by atoms with Crippen molar-refractivity contribution in [1.82, 2.24) is 4.90 Å². The van der Waals surface area contributed by atoms with Gasteiger partial charge in [-0.2, -0.15) is 0 Å². The fraction of sp³-hybridized carbons (Fsp3) is 0.316. The SMILES string of the molecule is CN(Cc1cccc(O)c1)C(=O)c1cccc(N2CCCC2)c1. The number of carbonyl (C=O) groups is 1. The molecule has 4 heteroatoms. The molecular formula is C19H22N2O2. The number of hydrogen-bond acceptors (Lipinski definition) is 3. The summed E-state index contributed by atoms with van der Waals surface area (Å²) in [5.41, 5.74) is 2.74. The zero-order valence-electron chi connectivity index (χ0n) is 13.4. The van der Waals surface area contributed by atoms with Crippen LogP contribution in [-0.2, 0) is 6.54 Å². The summed E-state index contributed by atoms with van der Waals surface area (Å²) in [6.07, 6.45) is 2.44. The maximum atomic E-state index is 12.6. The molecular weight excluding hydrogens is 288 g/mol. The maximum Gasteiger partial charge on any atom is 0.253 e. The van der Waals surface area contributed by atoms with E-state index in [0.717, 1.165) is 24.3 Å². The van der Waals surface area contributed by atoms with E-state index in [1.807, 2.05) is 24.3 Å². The lowest BCUT2D eigenvalue weighted by Gasteiger charge is -2.21. The van der Waals surface area contributed by atoms with Crippen molar-refractivity contribution < 1.29 is 9.90 Å². The van der Waals surface area contributed by atoms with Gasteiger partial charge in [0.1, 0.15) is 5.75 Å². The van der Waals surface area contributed by atoms with Gasteiger partial charge in [0, 0.05) is 37.9 Å². The molecule has 0 spiro atoms. The Hall–Kier alpha value is -2.49. The molecule has 2 aromatic carbocycles. The van der Waals surface area contributed by atoms with E-state index in [2.05, 4.69) is 11.0 Å². The zero-order valence-corrected chi connectivity index (χ0v) is 13.4. The molecule has 1 aliphatic heterocycles. The van der Waals surface area contributed by atoms with E-state index in [1.165, 1.54) is 12.8 Å².